The summed E-state index contributed by atoms with van der Waals surface area (Å²) in [6, 6.07) is 9.26. The Morgan fingerprint density at radius 1 is 1.17 bits per heavy atom. The molecule has 0 aliphatic carbocycles. The predicted octanol–water partition coefficient (Wildman–Crippen LogP) is 6.70. The zero-order valence-corrected chi connectivity index (χ0v) is 21.8. The molecule has 0 radical (unpaired) electrons. The Hall–Kier alpha value is -3.16. The van der Waals surface area contributed by atoms with Gasteiger partial charge in [-0.1, -0.05) is 44.0 Å². The van der Waals surface area contributed by atoms with Gasteiger partial charge in [-0.2, -0.15) is 5.10 Å². The Balaban J connectivity index is 1.61. The third kappa shape index (κ3) is 4.42. The Morgan fingerprint density at radius 2 is 1.89 bits per heavy atom. The normalized spacial score (nSPS) is 15.5. The number of aryl methyl sites for hydroxylation is 1. The molecule has 1 aliphatic rings. The van der Waals surface area contributed by atoms with Crippen LogP contribution in [0, 0.1) is 12.7 Å². The minimum Gasteiger partial charge on any atom is -0.493 e. The molecule has 0 fully saturated rings. The molecule has 9 heteroatoms. The molecule has 4 aromatic rings. The van der Waals surface area contributed by atoms with Crippen LogP contribution in [0.3, 0.4) is 0 Å². The van der Waals surface area contributed by atoms with Gasteiger partial charge in [-0.05, 0) is 48.7 Å². The Bertz CT molecular complexity index is 1490. The number of nitrogens with zero attached hydrogens (tertiary/aromatic N) is 3. The van der Waals surface area contributed by atoms with E-state index in [9.17, 15) is 9.18 Å². The zero-order chi connectivity index (χ0) is 25.8. The van der Waals surface area contributed by atoms with Crippen LogP contribution in [0.1, 0.15) is 60.4 Å². The lowest BCUT2D eigenvalue weighted by Crippen LogP contribution is -2.34. The topological polar surface area (TPSA) is 68.5 Å². The lowest BCUT2D eigenvalue weighted by molar-refractivity contribution is 0.0922. The third-order valence-electron chi connectivity index (χ3n) is 6.27. The maximum atomic E-state index is 13.9. The number of fused-ring (bicyclic) bond motifs is 2. The fourth-order valence-electron chi connectivity index (χ4n) is 4.78. The highest BCUT2D eigenvalue weighted by Gasteiger charge is 2.31. The van der Waals surface area contributed by atoms with E-state index >= 15 is 0 Å². The van der Waals surface area contributed by atoms with Gasteiger partial charge in [0.05, 0.1) is 35.8 Å². The van der Waals surface area contributed by atoms with Crippen molar-refractivity contribution < 1.29 is 13.9 Å². The van der Waals surface area contributed by atoms with E-state index in [0.29, 0.717) is 45.6 Å². The fourth-order valence-corrected chi connectivity index (χ4v) is 5.30. The summed E-state index contributed by atoms with van der Waals surface area (Å²) in [5.41, 5.74) is 4.21. The highest BCUT2D eigenvalue weighted by molar-refractivity contribution is 6.35. The van der Waals surface area contributed by atoms with Gasteiger partial charge in [0.1, 0.15) is 11.6 Å². The summed E-state index contributed by atoms with van der Waals surface area (Å²) < 4.78 is 21.3. The van der Waals surface area contributed by atoms with Gasteiger partial charge >= 0.3 is 0 Å². The van der Waals surface area contributed by atoms with Gasteiger partial charge in [-0.25, -0.2) is 13.9 Å². The number of halogens is 3. The molecule has 0 spiro atoms. The van der Waals surface area contributed by atoms with Crippen LogP contribution < -0.4 is 10.1 Å². The number of rotatable bonds is 3. The quantitative estimate of drug-likeness (QED) is 0.322. The first-order valence-electron chi connectivity index (χ1n) is 11.6. The van der Waals surface area contributed by atoms with E-state index in [4.69, 9.17) is 32.9 Å². The van der Waals surface area contributed by atoms with Crippen LogP contribution in [-0.2, 0) is 5.41 Å². The predicted molar refractivity (Wildman–Crippen MR) is 139 cm³/mol. The van der Waals surface area contributed by atoms with Crippen molar-refractivity contribution >= 4 is 34.8 Å². The van der Waals surface area contributed by atoms with Gasteiger partial charge < -0.3 is 10.1 Å². The van der Waals surface area contributed by atoms with Crippen molar-refractivity contribution in [3.05, 3.63) is 80.8 Å². The van der Waals surface area contributed by atoms with Crippen LogP contribution in [0.5, 0.6) is 5.75 Å². The molecule has 2 aromatic heterocycles. The number of carbonyl (C=O) groups excluding carboxylic acids is 1. The molecule has 186 valence electrons. The largest absolute Gasteiger partial charge is 0.493 e. The van der Waals surface area contributed by atoms with Crippen LogP contribution >= 0.6 is 23.2 Å². The highest BCUT2D eigenvalue weighted by Crippen LogP contribution is 2.36. The SMILES string of the molecule is Cc1nc2c(C(C)(C)C)c(C(=O)N[C@H]3CCOc4ccc(F)cc43)cnn2c1-c1cc(Cl)cc(Cl)c1. The number of aromatic nitrogens is 3. The van der Waals surface area contributed by atoms with Gasteiger partial charge in [-0.15, -0.1) is 0 Å². The minimum atomic E-state index is -0.433. The first-order valence-corrected chi connectivity index (χ1v) is 12.4. The molecule has 6 nitrogen and oxygen atoms in total. The van der Waals surface area contributed by atoms with Crippen molar-refractivity contribution in [3.8, 4) is 17.0 Å². The van der Waals surface area contributed by atoms with Crippen molar-refractivity contribution in [2.75, 3.05) is 6.61 Å². The van der Waals surface area contributed by atoms with Gasteiger partial charge in [0.15, 0.2) is 5.65 Å². The van der Waals surface area contributed by atoms with Crippen LogP contribution in [-0.4, -0.2) is 27.1 Å². The van der Waals surface area contributed by atoms with Crippen LogP contribution in [0.2, 0.25) is 10.0 Å². The summed E-state index contributed by atoms with van der Waals surface area (Å²) in [6.07, 6.45) is 2.09. The second-order valence-electron chi connectivity index (χ2n) is 9.97. The number of benzene rings is 2. The molecule has 5 rings (SSSR count). The smallest absolute Gasteiger partial charge is 0.253 e. The minimum absolute atomic E-state index is 0.301. The lowest BCUT2D eigenvalue weighted by atomic mass is 9.84. The summed E-state index contributed by atoms with van der Waals surface area (Å²) in [4.78, 5) is 18.4. The van der Waals surface area contributed by atoms with Gasteiger partial charge in [0, 0.05) is 33.2 Å². The molecule has 1 atom stereocenters. The summed E-state index contributed by atoms with van der Waals surface area (Å²) in [5.74, 6) is -0.102. The maximum absolute atomic E-state index is 13.9. The average Bonchev–Trinajstić information content (AvgIpc) is 3.13. The second kappa shape index (κ2) is 9.05. The number of nitrogens with one attached hydrogen (secondary N) is 1. The molecular weight excluding hydrogens is 502 g/mol. The van der Waals surface area contributed by atoms with E-state index in [1.165, 1.54) is 12.1 Å². The number of hydrogen-bond acceptors (Lipinski definition) is 4. The average molecular weight is 527 g/mol. The van der Waals surface area contributed by atoms with Crippen molar-refractivity contribution in [1.82, 2.24) is 19.9 Å². The molecule has 3 heterocycles. The summed E-state index contributed by atoms with van der Waals surface area (Å²) in [7, 11) is 0. The molecule has 2 aromatic carbocycles. The summed E-state index contributed by atoms with van der Waals surface area (Å²) in [6.45, 7) is 8.39. The van der Waals surface area contributed by atoms with Gasteiger partial charge in [0.2, 0.25) is 0 Å². The van der Waals surface area contributed by atoms with Crippen LogP contribution in [0.25, 0.3) is 16.9 Å². The lowest BCUT2D eigenvalue weighted by Gasteiger charge is -2.28. The van der Waals surface area contributed by atoms with Gasteiger partial charge in [-0.3, -0.25) is 4.79 Å². The first kappa shape index (κ1) is 24.5. The number of hydrogen-bond donors (Lipinski definition) is 1. The summed E-state index contributed by atoms with van der Waals surface area (Å²) >= 11 is 12.5. The van der Waals surface area contributed by atoms with Gasteiger partial charge in [0.25, 0.3) is 5.91 Å². The molecule has 0 bridgehead atoms. The highest BCUT2D eigenvalue weighted by atomic mass is 35.5. The monoisotopic (exact) mass is 526 g/mol. The molecular formula is C27H25Cl2FN4O2. The van der Waals surface area contributed by atoms with Crippen LogP contribution in [0.15, 0.2) is 42.6 Å². The van der Waals surface area contributed by atoms with E-state index in [-0.39, 0.29) is 17.8 Å². The summed E-state index contributed by atoms with van der Waals surface area (Å²) in [5, 5.41) is 8.69. The maximum Gasteiger partial charge on any atom is 0.253 e. The zero-order valence-electron chi connectivity index (χ0n) is 20.3. The van der Waals surface area contributed by atoms with E-state index in [1.807, 2.05) is 39.8 Å². The first-order chi connectivity index (χ1) is 17.0. The Labute approximate surface area is 218 Å². The van der Waals surface area contributed by atoms with E-state index in [1.54, 1.807) is 22.8 Å². The number of carbonyl (C=O) groups is 1. The standard InChI is InChI=1S/C27H25Cl2FN4O2/c1-14-24(15-9-16(28)11-17(29)10-15)34-25(32-14)23(27(2,3)4)20(13-31-34)26(35)33-21-7-8-36-22-6-5-18(30)12-19(21)22/h5-6,9-13,21H,7-8H2,1-4H3,(H,33,35)/t21-/m0/s1. The van der Waals surface area contributed by atoms with Crippen molar-refractivity contribution in [3.63, 3.8) is 0 Å². The van der Waals surface area contributed by atoms with E-state index in [2.05, 4.69) is 10.4 Å². The molecule has 36 heavy (non-hydrogen) atoms. The van der Waals surface area contributed by atoms with E-state index in [0.717, 1.165) is 22.5 Å². The Morgan fingerprint density at radius 3 is 2.58 bits per heavy atom. The Kier molecular flexibility index (Phi) is 6.17. The third-order valence-corrected chi connectivity index (χ3v) is 6.71. The van der Waals surface area contributed by atoms with Crippen molar-refractivity contribution in [2.45, 2.75) is 45.6 Å². The number of ether oxygens (including phenoxy) is 1. The number of imidazole rings is 1. The molecule has 0 unspecified atom stereocenters. The van der Waals surface area contributed by atoms with Crippen LogP contribution in [0.4, 0.5) is 4.39 Å². The molecule has 1 N–H and O–H groups in total. The fraction of sp³-hybridized carbons (Fsp3) is 0.296. The molecule has 0 saturated heterocycles. The van der Waals surface area contributed by atoms with Crippen molar-refractivity contribution in [2.24, 2.45) is 0 Å². The molecule has 1 amide bonds. The van der Waals surface area contributed by atoms with Crippen molar-refractivity contribution in [1.29, 1.82) is 0 Å². The molecule has 0 saturated carbocycles. The van der Waals surface area contributed by atoms with E-state index < -0.39 is 5.41 Å². The number of amides is 1. The molecule has 1 aliphatic heterocycles. The second-order valence-corrected chi connectivity index (χ2v) is 10.8.